The molecule has 2 aromatic carbocycles. The number of aromatic nitrogens is 4. The maximum Gasteiger partial charge on any atom is 0.272 e. The van der Waals surface area contributed by atoms with Crippen LogP contribution < -0.4 is 5.43 Å². The van der Waals surface area contributed by atoms with Crippen LogP contribution in [-0.2, 0) is 0 Å². The number of rotatable bonds is 7. The Morgan fingerprint density at radius 2 is 1.66 bits per heavy atom. The summed E-state index contributed by atoms with van der Waals surface area (Å²) in [4.78, 5) is 23.0. The van der Waals surface area contributed by atoms with Gasteiger partial charge in [-0.3, -0.25) is 19.9 Å². The number of nitrogens with one attached hydrogen (secondary N) is 2. The molecule has 1 amide bonds. The average molecular weight is 477 g/mol. The Morgan fingerprint density at radius 1 is 0.886 bits per heavy atom. The van der Waals surface area contributed by atoms with Gasteiger partial charge in [-0.2, -0.15) is 10.2 Å². The molecule has 0 fully saturated rings. The van der Waals surface area contributed by atoms with E-state index in [1.165, 1.54) is 18.0 Å². The van der Waals surface area contributed by atoms with Gasteiger partial charge in [-0.05, 0) is 66.7 Å². The number of aromatic amines is 1. The molecule has 7 nitrogen and oxygen atoms in total. The second-order valence-corrected chi connectivity index (χ2v) is 8.57. The molecule has 5 rings (SSSR count). The minimum atomic E-state index is -0.287. The summed E-state index contributed by atoms with van der Waals surface area (Å²) in [5.41, 5.74) is 6.41. The lowest BCUT2D eigenvalue weighted by Crippen LogP contribution is -2.18. The van der Waals surface area contributed by atoms with Crippen molar-refractivity contribution in [3.05, 3.63) is 114 Å². The van der Waals surface area contributed by atoms with Crippen LogP contribution in [0.25, 0.3) is 23.1 Å². The molecule has 0 saturated carbocycles. The number of hydrazone groups is 1. The Hall–Kier alpha value is -4.56. The topological polar surface area (TPSA) is 95.9 Å². The van der Waals surface area contributed by atoms with E-state index < -0.39 is 0 Å². The summed E-state index contributed by atoms with van der Waals surface area (Å²) in [6.07, 6.45) is 8.82. The van der Waals surface area contributed by atoms with E-state index in [0.29, 0.717) is 11.3 Å². The highest BCUT2D eigenvalue weighted by Crippen LogP contribution is 2.32. The largest absolute Gasteiger partial charge is 0.277 e. The fraction of sp³-hybridized carbons (Fsp3) is 0. The van der Waals surface area contributed by atoms with Gasteiger partial charge in [0.1, 0.15) is 0 Å². The van der Waals surface area contributed by atoms with Crippen LogP contribution in [0.3, 0.4) is 0 Å². The van der Waals surface area contributed by atoms with E-state index in [1.807, 2.05) is 84.9 Å². The van der Waals surface area contributed by atoms with E-state index in [-0.39, 0.29) is 5.91 Å². The lowest BCUT2D eigenvalue weighted by atomic mass is 10.2. The van der Waals surface area contributed by atoms with Crippen molar-refractivity contribution in [2.75, 3.05) is 0 Å². The number of H-pyrrole nitrogens is 1. The zero-order valence-corrected chi connectivity index (χ0v) is 19.3. The number of nitrogens with zero attached hydrogens (tertiary/aromatic N) is 4. The summed E-state index contributed by atoms with van der Waals surface area (Å²) in [6.45, 7) is 0. The molecule has 0 unspecified atom stereocenters. The number of benzene rings is 2. The molecule has 170 valence electrons. The van der Waals surface area contributed by atoms with E-state index in [2.05, 4.69) is 30.7 Å². The molecule has 0 aliphatic heterocycles. The van der Waals surface area contributed by atoms with Crippen molar-refractivity contribution < 1.29 is 4.79 Å². The van der Waals surface area contributed by atoms with Crippen molar-refractivity contribution in [1.82, 2.24) is 25.6 Å². The van der Waals surface area contributed by atoms with E-state index in [4.69, 9.17) is 0 Å². The van der Waals surface area contributed by atoms with Gasteiger partial charge in [0.25, 0.3) is 5.91 Å². The number of fused-ring (bicyclic) bond motifs is 1. The molecule has 0 aliphatic carbocycles. The number of hydrogen-bond donors (Lipinski definition) is 2. The second kappa shape index (κ2) is 10.6. The molecule has 3 aromatic heterocycles. The predicted molar refractivity (Wildman–Crippen MR) is 139 cm³/mol. The summed E-state index contributed by atoms with van der Waals surface area (Å²) in [5.74, 6) is -0.287. The highest BCUT2D eigenvalue weighted by atomic mass is 32.2. The molecule has 2 N–H and O–H groups in total. The van der Waals surface area contributed by atoms with Crippen LogP contribution in [0.15, 0.2) is 106 Å². The second-order valence-electron chi connectivity index (χ2n) is 7.46. The maximum atomic E-state index is 12.8. The summed E-state index contributed by atoms with van der Waals surface area (Å²) >= 11 is 1.51. The van der Waals surface area contributed by atoms with Crippen molar-refractivity contribution >= 4 is 46.9 Å². The molecule has 0 aliphatic rings. The fourth-order valence-electron chi connectivity index (χ4n) is 3.39. The van der Waals surface area contributed by atoms with Gasteiger partial charge in [-0.1, -0.05) is 36.0 Å². The van der Waals surface area contributed by atoms with E-state index in [0.717, 1.165) is 32.1 Å². The molecule has 0 spiro atoms. The van der Waals surface area contributed by atoms with Crippen molar-refractivity contribution in [3.8, 4) is 0 Å². The lowest BCUT2D eigenvalue weighted by Gasteiger charge is -2.08. The maximum absolute atomic E-state index is 12.8. The molecule has 0 saturated heterocycles. The van der Waals surface area contributed by atoms with Gasteiger partial charge in [0.15, 0.2) is 0 Å². The van der Waals surface area contributed by atoms with Crippen LogP contribution in [-0.4, -0.2) is 32.3 Å². The third-order valence-corrected chi connectivity index (χ3v) is 6.14. The first-order valence-corrected chi connectivity index (χ1v) is 11.7. The number of carbonyl (C=O) groups is 1. The zero-order chi connectivity index (χ0) is 23.9. The molecular formula is C27H20N6OS. The molecule has 0 bridgehead atoms. The summed E-state index contributed by atoms with van der Waals surface area (Å²) < 4.78 is 0. The quantitative estimate of drug-likeness (QED) is 0.241. The van der Waals surface area contributed by atoms with Gasteiger partial charge in [-0.15, -0.1) is 0 Å². The van der Waals surface area contributed by atoms with Crippen LogP contribution in [0.2, 0.25) is 0 Å². The summed E-state index contributed by atoms with van der Waals surface area (Å²) in [6, 6.07) is 24.8. The van der Waals surface area contributed by atoms with Gasteiger partial charge in [0.05, 0.1) is 34.4 Å². The monoisotopic (exact) mass is 476 g/mol. The Morgan fingerprint density at radius 3 is 2.46 bits per heavy atom. The SMILES string of the molecule is O=C(N/N=C/c1ccccn1)c1ccccc1Sc1ccc2c(/C=C/c3ccccn3)n[nH]c2c1. The van der Waals surface area contributed by atoms with Crippen molar-refractivity contribution in [2.45, 2.75) is 9.79 Å². The molecule has 35 heavy (non-hydrogen) atoms. The van der Waals surface area contributed by atoms with E-state index in [1.54, 1.807) is 18.5 Å². The lowest BCUT2D eigenvalue weighted by molar-refractivity contribution is 0.0952. The number of carbonyl (C=O) groups excluding carboxylic acids is 1. The molecule has 8 heteroatoms. The van der Waals surface area contributed by atoms with Gasteiger partial charge >= 0.3 is 0 Å². The van der Waals surface area contributed by atoms with E-state index >= 15 is 0 Å². The van der Waals surface area contributed by atoms with Crippen LogP contribution in [0, 0.1) is 0 Å². The highest BCUT2D eigenvalue weighted by molar-refractivity contribution is 7.99. The first-order chi connectivity index (χ1) is 17.3. The Bertz CT molecular complexity index is 1510. The first kappa shape index (κ1) is 22.2. The first-order valence-electron chi connectivity index (χ1n) is 10.8. The zero-order valence-electron chi connectivity index (χ0n) is 18.5. The van der Waals surface area contributed by atoms with Gasteiger partial charge in [0, 0.05) is 27.6 Å². The van der Waals surface area contributed by atoms with Gasteiger partial charge in [0.2, 0.25) is 0 Å². The van der Waals surface area contributed by atoms with Gasteiger partial charge in [-0.25, -0.2) is 5.43 Å². The number of hydrogen-bond acceptors (Lipinski definition) is 6. The Kier molecular flexibility index (Phi) is 6.72. The minimum Gasteiger partial charge on any atom is -0.277 e. The van der Waals surface area contributed by atoms with Gasteiger partial charge < -0.3 is 0 Å². The Balaban J connectivity index is 1.31. The third-order valence-electron chi connectivity index (χ3n) is 5.07. The molecule has 3 heterocycles. The summed E-state index contributed by atoms with van der Waals surface area (Å²) in [5, 5.41) is 12.6. The molecule has 0 atom stereocenters. The fourth-order valence-corrected chi connectivity index (χ4v) is 4.37. The van der Waals surface area contributed by atoms with Crippen LogP contribution in [0.5, 0.6) is 0 Å². The van der Waals surface area contributed by atoms with Crippen LogP contribution in [0.1, 0.15) is 27.4 Å². The summed E-state index contributed by atoms with van der Waals surface area (Å²) in [7, 11) is 0. The smallest absolute Gasteiger partial charge is 0.272 e. The predicted octanol–water partition coefficient (Wildman–Crippen LogP) is 5.44. The average Bonchev–Trinajstić information content (AvgIpc) is 3.31. The third kappa shape index (κ3) is 5.51. The molecule has 0 radical (unpaired) electrons. The molecule has 5 aromatic rings. The number of amides is 1. The highest BCUT2D eigenvalue weighted by Gasteiger charge is 2.12. The normalized spacial score (nSPS) is 11.4. The standard InChI is InChI=1S/C27H20N6OS/c34-27(33-30-18-20-8-4-6-16-29-20)23-9-1-2-10-26(23)35-21-12-13-22-24(31-32-25(22)17-21)14-11-19-7-3-5-15-28-19/h1-18H,(H,31,32)(H,33,34)/b14-11+,30-18+. The van der Waals surface area contributed by atoms with E-state index in [9.17, 15) is 4.79 Å². The number of pyridine rings is 2. The van der Waals surface area contributed by atoms with Crippen LogP contribution in [0.4, 0.5) is 0 Å². The minimum absolute atomic E-state index is 0.287. The van der Waals surface area contributed by atoms with Crippen LogP contribution >= 0.6 is 11.8 Å². The van der Waals surface area contributed by atoms with Crippen molar-refractivity contribution in [3.63, 3.8) is 0 Å². The van der Waals surface area contributed by atoms with Crippen molar-refractivity contribution in [2.24, 2.45) is 5.10 Å². The Labute approximate surface area is 206 Å². The van der Waals surface area contributed by atoms with Crippen molar-refractivity contribution in [1.29, 1.82) is 0 Å². The molecular weight excluding hydrogens is 456 g/mol.